The molecule has 3 N–H and O–H groups in total. The van der Waals surface area contributed by atoms with Crippen LogP contribution in [0.4, 0.5) is 0 Å². The molecule has 33 heavy (non-hydrogen) atoms. The Morgan fingerprint density at radius 2 is 1.82 bits per heavy atom. The van der Waals surface area contributed by atoms with E-state index < -0.39 is 16.0 Å². The molecule has 0 aliphatic rings. The summed E-state index contributed by atoms with van der Waals surface area (Å²) in [6.45, 7) is 4.17. The number of hydrogen-bond donors (Lipinski definition) is 3. The number of imidazole rings is 1. The molecule has 0 fully saturated rings. The molecule has 0 amide bonds. The van der Waals surface area contributed by atoms with Gasteiger partial charge in [0.25, 0.3) is 10.0 Å². The molecule has 0 bridgehead atoms. The van der Waals surface area contributed by atoms with Crippen molar-refractivity contribution in [2.75, 3.05) is 0 Å². The molecule has 0 radical (unpaired) electrons. The summed E-state index contributed by atoms with van der Waals surface area (Å²) in [4.78, 5) is 21.8. The number of nitrogens with one attached hydrogen (secondary N) is 1. The van der Waals surface area contributed by atoms with E-state index in [2.05, 4.69) is 9.97 Å². The van der Waals surface area contributed by atoms with Crippen LogP contribution in [0.3, 0.4) is 0 Å². The first-order chi connectivity index (χ1) is 15.8. The van der Waals surface area contributed by atoms with Gasteiger partial charge in [0.2, 0.25) is 0 Å². The van der Waals surface area contributed by atoms with Gasteiger partial charge in [0.15, 0.2) is 5.65 Å². The molecule has 0 aliphatic carbocycles. The fourth-order valence-corrected chi connectivity index (χ4v) is 4.67. The Labute approximate surface area is 190 Å². The number of carbonyl (C=O) groups is 1. The van der Waals surface area contributed by atoms with Crippen molar-refractivity contribution in [3.63, 3.8) is 0 Å². The lowest BCUT2D eigenvalue weighted by atomic mass is 10.0. The minimum Gasteiger partial charge on any atom is -0.478 e. The van der Waals surface area contributed by atoms with E-state index in [4.69, 9.17) is 5.21 Å². The number of pyridine rings is 1. The lowest BCUT2D eigenvalue weighted by Gasteiger charge is -2.11. The van der Waals surface area contributed by atoms with E-state index >= 15 is 0 Å². The maximum atomic E-state index is 12.1. The number of aromatic carboxylic acids is 1. The maximum absolute atomic E-state index is 12.1. The van der Waals surface area contributed by atoms with Gasteiger partial charge in [0.1, 0.15) is 11.3 Å². The zero-order chi connectivity index (χ0) is 23.8. The van der Waals surface area contributed by atoms with Gasteiger partial charge in [-0.25, -0.2) is 23.2 Å². The zero-order valence-corrected chi connectivity index (χ0v) is 18.8. The number of aryl methyl sites for hydroxylation is 2. The van der Waals surface area contributed by atoms with Crippen molar-refractivity contribution < 1.29 is 23.5 Å². The molecule has 2 aromatic carbocycles. The Morgan fingerprint density at radius 3 is 2.45 bits per heavy atom. The van der Waals surface area contributed by atoms with Gasteiger partial charge in [0.05, 0.1) is 17.0 Å². The van der Waals surface area contributed by atoms with E-state index in [0.717, 1.165) is 11.4 Å². The molecule has 0 saturated heterocycles. The minimum atomic E-state index is -4.03. The molecule has 0 saturated carbocycles. The number of rotatable bonds is 7. The predicted octanol–water partition coefficient (Wildman–Crippen LogP) is 3.38. The number of sulfonamides is 1. The summed E-state index contributed by atoms with van der Waals surface area (Å²) in [7, 11) is -4.03. The van der Waals surface area contributed by atoms with E-state index in [0.29, 0.717) is 40.8 Å². The molecule has 0 spiro atoms. The Balaban J connectivity index is 1.72. The van der Waals surface area contributed by atoms with Crippen LogP contribution in [-0.2, 0) is 23.0 Å². The van der Waals surface area contributed by atoms with Gasteiger partial charge in [-0.05, 0) is 29.7 Å². The molecule has 4 rings (SSSR count). The summed E-state index contributed by atoms with van der Waals surface area (Å²) in [6.07, 6.45) is 2.00. The van der Waals surface area contributed by atoms with Crippen LogP contribution >= 0.6 is 0 Å². The number of fused-ring (bicyclic) bond motifs is 1. The quantitative estimate of drug-likeness (QED) is 0.355. The molecule has 2 heterocycles. The fraction of sp³-hybridized carbons (Fsp3) is 0.174. The van der Waals surface area contributed by atoms with Crippen molar-refractivity contribution in [3.8, 4) is 11.1 Å². The zero-order valence-electron chi connectivity index (χ0n) is 18.0. The van der Waals surface area contributed by atoms with Crippen LogP contribution < -0.4 is 4.89 Å². The average molecular weight is 467 g/mol. The van der Waals surface area contributed by atoms with Gasteiger partial charge >= 0.3 is 5.97 Å². The Morgan fingerprint density at radius 1 is 1.12 bits per heavy atom. The average Bonchev–Trinajstić information content (AvgIpc) is 3.18. The first-order valence-electron chi connectivity index (χ1n) is 10.2. The van der Waals surface area contributed by atoms with Crippen LogP contribution in [-0.4, -0.2) is 39.2 Å². The number of nitrogens with zero attached hydrogens (tertiary/aromatic N) is 3. The normalized spacial score (nSPS) is 11.7. The second kappa shape index (κ2) is 8.74. The van der Waals surface area contributed by atoms with Gasteiger partial charge < -0.3 is 14.9 Å². The maximum Gasteiger partial charge on any atom is 0.337 e. The van der Waals surface area contributed by atoms with E-state index in [1.54, 1.807) is 25.1 Å². The lowest BCUT2D eigenvalue weighted by Crippen LogP contribution is -2.20. The van der Waals surface area contributed by atoms with Crippen LogP contribution in [0.5, 0.6) is 0 Å². The lowest BCUT2D eigenvalue weighted by molar-refractivity contribution is 0.0696. The molecule has 2 aromatic heterocycles. The first-order valence-corrected chi connectivity index (χ1v) is 11.7. The van der Waals surface area contributed by atoms with Crippen molar-refractivity contribution in [1.29, 1.82) is 0 Å². The van der Waals surface area contributed by atoms with Crippen molar-refractivity contribution >= 4 is 27.2 Å². The molecule has 4 aromatic rings. The highest BCUT2D eigenvalue weighted by Gasteiger charge is 2.19. The summed E-state index contributed by atoms with van der Waals surface area (Å²) in [5, 5.41) is 18.4. The fourth-order valence-electron chi connectivity index (χ4n) is 3.83. The van der Waals surface area contributed by atoms with Crippen LogP contribution in [0.15, 0.2) is 59.6 Å². The number of aromatic nitrogens is 3. The molecular formula is C23H22N4O5S. The number of carboxylic acids is 1. The third-order valence-corrected chi connectivity index (χ3v) is 6.72. The Kier molecular flexibility index (Phi) is 5.98. The third kappa shape index (κ3) is 4.11. The highest BCUT2D eigenvalue weighted by atomic mass is 32.2. The summed E-state index contributed by atoms with van der Waals surface area (Å²) in [6, 6.07) is 13.8. The monoisotopic (exact) mass is 466 g/mol. The van der Waals surface area contributed by atoms with Crippen LogP contribution in [0.2, 0.25) is 0 Å². The van der Waals surface area contributed by atoms with Crippen LogP contribution in [0.1, 0.15) is 34.2 Å². The molecule has 0 atom stereocenters. The van der Waals surface area contributed by atoms with E-state index in [1.807, 2.05) is 35.8 Å². The van der Waals surface area contributed by atoms with Crippen LogP contribution in [0.25, 0.3) is 22.3 Å². The number of carboxylic acid groups (broad SMARTS) is 1. The second-order valence-corrected chi connectivity index (χ2v) is 9.16. The largest absolute Gasteiger partial charge is 0.478 e. The van der Waals surface area contributed by atoms with Crippen molar-refractivity contribution in [3.05, 3.63) is 77.2 Å². The topological polar surface area (TPSA) is 134 Å². The molecule has 0 unspecified atom stereocenters. The third-order valence-electron chi connectivity index (χ3n) is 5.54. The number of benzene rings is 2. The van der Waals surface area contributed by atoms with Gasteiger partial charge in [-0.2, -0.15) is 0 Å². The second-order valence-electron chi connectivity index (χ2n) is 7.53. The van der Waals surface area contributed by atoms with Crippen LogP contribution in [0, 0.1) is 6.92 Å². The standard InChI is InChI=1S/C23H22N4O5S/c1-3-20-25-21-14(2)18(23(28)29)12-24-22(21)27(20)13-15-8-10-16(11-9-15)17-6-4-5-7-19(17)33(31,32)26-30/h4-12,26,30H,3,13H2,1-2H3,(H,28,29). The SMILES string of the molecule is CCc1nc2c(C)c(C(=O)O)cnc2n1Cc1ccc(-c2ccccc2S(=O)(=O)NO)cc1. The van der Waals surface area contributed by atoms with E-state index in [1.165, 1.54) is 17.1 Å². The highest BCUT2D eigenvalue weighted by molar-refractivity contribution is 7.89. The Hall–Kier alpha value is -3.60. The summed E-state index contributed by atoms with van der Waals surface area (Å²) >= 11 is 0. The molecule has 9 nitrogen and oxygen atoms in total. The van der Waals surface area contributed by atoms with Crippen molar-refractivity contribution in [2.24, 2.45) is 0 Å². The first kappa shape index (κ1) is 22.6. The van der Waals surface area contributed by atoms with Crippen molar-refractivity contribution in [1.82, 2.24) is 19.4 Å². The highest BCUT2D eigenvalue weighted by Crippen LogP contribution is 2.28. The summed E-state index contributed by atoms with van der Waals surface area (Å²) < 4.78 is 26.2. The van der Waals surface area contributed by atoms with Crippen molar-refractivity contribution in [2.45, 2.75) is 31.7 Å². The van der Waals surface area contributed by atoms with E-state index in [9.17, 15) is 18.3 Å². The molecule has 10 heteroatoms. The predicted molar refractivity (Wildman–Crippen MR) is 122 cm³/mol. The van der Waals surface area contributed by atoms with E-state index in [-0.39, 0.29) is 10.5 Å². The number of hydrogen-bond acceptors (Lipinski definition) is 6. The smallest absolute Gasteiger partial charge is 0.337 e. The molecule has 170 valence electrons. The van der Waals surface area contributed by atoms with Gasteiger partial charge in [-0.3, -0.25) is 0 Å². The minimum absolute atomic E-state index is 0.0250. The summed E-state index contributed by atoms with van der Waals surface area (Å²) in [5.41, 5.74) is 3.97. The molecular weight excluding hydrogens is 444 g/mol. The molecule has 0 aliphatic heterocycles. The summed E-state index contributed by atoms with van der Waals surface area (Å²) in [5.74, 6) is -0.249. The van der Waals surface area contributed by atoms with Gasteiger partial charge in [-0.15, -0.1) is 0 Å². The Bertz CT molecular complexity index is 1460. The van der Waals surface area contributed by atoms with Gasteiger partial charge in [0, 0.05) is 18.2 Å². The van der Waals surface area contributed by atoms with Gasteiger partial charge in [-0.1, -0.05) is 54.3 Å².